The van der Waals surface area contributed by atoms with Crippen molar-refractivity contribution in [3.8, 4) is 0 Å². The summed E-state index contributed by atoms with van der Waals surface area (Å²) in [5, 5.41) is 48.2. The first-order valence-electron chi connectivity index (χ1n) is 17.2. The minimum absolute atomic E-state index is 0. The number of hydrogen-bond acceptors (Lipinski definition) is 20. The molecule has 24 nitrogen and oxygen atoms in total. The maximum atomic E-state index is 8.49. The van der Waals surface area contributed by atoms with Gasteiger partial charge in [-0.1, -0.05) is 94.9 Å². The summed E-state index contributed by atoms with van der Waals surface area (Å²) < 4.78 is 74.0. The van der Waals surface area contributed by atoms with E-state index in [1.165, 1.54) is 69.3 Å². The van der Waals surface area contributed by atoms with Crippen molar-refractivity contribution in [2.24, 2.45) is 20.4 Å². The minimum Gasteiger partial charge on any atom is -0.222 e. The molecule has 0 amide bonds. The fourth-order valence-electron chi connectivity index (χ4n) is 3.75. The van der Waals surface area contributed by atoms with Gasteiger partial charge in [-0.05, 0) is 70.8 Å². The summed E-state index contributed by atoms with van der Waals surface area (Å²) in [6.45, 7) is 0. The maximum absolute atomic E-state index is 8.49. The van der Waals surface area contributed by atoms with Gasteiger partial charge in [-0.15, -0.1) is 61.3 Å². The van der Waals surface area contributed by atoms with Crippen LogP contribution in [0.15, 0.2) is 168 Å². The molecule has 4 aromatic heterocycles. The van der Waals surface area contributed by atoms with Gasteiger partial charge in [0.05, 0.1) is 24.9 Å². The van der Waals surface area contributed by atoms with E-state index in [2.05, 4.69) is 61.2 Å². The number of aromatic nitrogens is 12. The van der Waals surface area contributed by atoms with E-state index >= 15 is 0 Å². The molecule has 4 heterocycles. The number of rotatable bonds is 8. The zero-order valence-corrected chi connectivity index (χ0v) is 39.9. The molecule has 0 saturated carbocycles. The zero-order valence-electron chi connectivity index (χ0n) is 33.5. The predicted octanol–water partition coefficient (Wildman–Crippen LogP) is -2.26. The average molecular weight is 1150 g/mol. The molecule has 4 aromatic carbocycles. The van der Waals surface area contributed by atoms with Gasteiger partial charge in [-0.25, -0.2) is 56.0 Å². The number of benzene rings is 4. The van der Waals surface area contributed by atoms with Crippen molar-refractivity contribution in [2.75, 3.05) is 0 Å². The molecule has 0 radical (unpaired) electrons. The van der Waals surface area contributed by atoms with Crippen LogP contribution in [0, 0.1) is 20.5 Å². The molecule has 0 spiro atoms. The summed E-state index contributed by atoms with van der Waals surface area (Å²) in [5.74, 6) is 0. The number of halogens is 6. The van der Waals surface area contributed by atoms with Crippen LogP contribution in [0.25, 0.3) is 0 Å². The van der Waals surface area contributed by atoms with Gasteiger partial charge in [0.25, 0.3) is 0 Å². The second-order valence-corrected chi connectivity index (χ2v) is 14.6. The summed E-state index contributed by atoms with van der Waals surface area (Å²) in [4.78, 5) is 0. The van der Waals surface area contributed by atoms with Crippen LogP contribution in [0.2, 0.25) is 20.1 Å². The Morgan fingerprint density at radius 2 is 0.441 bits per heavy atom. The molecule has 0 unspecified atom stereocenters. The molecule has 0 aliphatic rings. The first-order valence-corrected chi connectivity index (χ1v) is 21.2. The SMILES string of the molecule is Clc1ccc(/C=N/n2cnnc2)cc1.Clc1ccc(/C=N/n2cnnc2)cc1.Clc1ccc(/C=N/n2cnnc2)cc1.Clc1ccc(/C=N/n2cnnc2)cc1.[Cu+].[Cu+].[O-][Cl+3]([O-])([O-])[O-].[O-][Cl+3]([O-])([O-])[O-]. The Kier molecular flexibility index (Phi) is 29.5. The molecular weight excluding hydrogens is 1120 g/mol. The third kappa shape index (κ3) is 31.5. The Bertz CT molecular complexity index is 2240. The van der Waals surface area contributed by atoms with Crippen LogP contribution in [0.3, 0.4) is 0 Å². The molecule has 0 saturated heterocycles. The van der Waals surface area contributed by atoms with E-state index in [9.17, 15) is 0 Å². The Balaban J connectivity index is 0.000000421. The van der Waals surface area contributed by atoms with Crippen LogP contribution in [-0.4, -0.2) is 84.4 Å². The van der Waals surface area contributed by atoms with Crippen LogP contribution >= 0.6 is 46.4 Å². The summed E-state index contributed by atoms with van der Waals surface area (Å²) in [6, 6.07) is 29.6. The third-order valence-electron chi connectivity index (χ3n) is 6.47. The molecule has 8 aromatic rings. The normalized spacial score (nSPS) is 10.8. The molecule has 32 heteroatoms. The summed E-state index contributed by atoms with van der Waals surface area (Å²) in [6.07, 6.45) is 19.0. The fraction of sp³-hybridized carbons (Fsp3) is 0. The van der Waals surface area contributed by atoms with Crippen molar-refractivity contribution in [1.82, 2.24) is 59.5 Å². The van der Waals surface area contributed by atoms with Crippen molar-refractivity contribution in [2.45, 2.75) is 0 Å². The Hall–Kier alpha value is -5.42. The van der Waals surface area contributed by atoms with Gasteiger partial charge >= 0.3 is 34.1 Å². The van der Waals surface area contributed by atoms with E-state index in [1.807, 2.05) is 97.1 Å². The Morgan fingerprint density at radius 3 is 0.574 bits per heavy atom. The van der Waals surface area contributed by atoms with E-state index < -0.39 is 20.5 Å². The van der Waals surface area contributed by atoms with Crippen LogP contribution in [-0.2, 0) is 34.1 Å². The topological polar surface area (TPSA) is 357 Å². The molecule has 0 aliphatic heterocycles. The standard InChI is InChI=1S/4C9H7ClN4.2ClHO4.2Cu/c4*10-9-3-1-8(2-4-9)5-13-14-6-11-12-7-14;2*2-1(3,4)5;;/h4*1-7H;2*(H,2,3,4,5);;/q;;;;;;2*+1/p-2/b4*13-5+;;;;. The second kappa shape index (κ2) is 33.1. The monoisotopic (exact) mass is 1150 g/mol. The quantitative estimate of drug-likeness (QED) is 0.114. The zero-order chi connectivity index (χ0) is 48.2. The second-order valence-electron chi connectivity index (χ2n) is 11.3. The van der Waals surface area contributed by atoms with Gasteiger partial charge in [0.15, 0.2) is 0 Å². The largest absolute Gasteiger partial charge is 1.00 e. The van der Waals surface area contributed by atoms with Crippen molar-refractivity contribution in [3.63, 3.8) is 0 Å². The maximum Gasteiger partial charge on any atom is 1.00 e. The summed E-state index contributed by atoms with van der Waals surface area (Å²) >= 11 is 23.0. The van der Waals surface area contributed by atoms with E-state index in [-0.39, 0.29) is 34.1 Å². The Morgan fingerprint density at radius 1 is 0.309 bits per heavy atom. The smallest absolute Gasteiger partial charge is 0.222 e. The van der Waals surface area contributed by atoms with Crippen molar-refractivity contribution >= 4 is 71.3 Å². The van der Waals surface area contributed by atoms with Crippen LogP contribution in [0.4, 0.5) is 0 Å². The molecule has 0 bridgehead atoms. The number of nitrogens with zero attached hydrogens (tertiary/aromatic N) is 16. The molecule has 364 valence electrons. The number of hydrogen-bond donors (Lipinski definition) is 0. The van der Waals surface area contributed by atoms with E-state index in [0.717, 1.165) is 22.3 Å². The molecule has 0 atom stereocenters. The summed E-state index contributed by atoms with van der Waals surface area (Å²) in [5.41, 5.74) is 3.90. The van der Waals surface area contributed by atoms with Crippen LogP contribution in [0.5, 0.6) is 0 Å². The van der Waals surface area contributed by atoms with Crippen LogP contribution < -0.4 is 37.3 Å². The van der Waals surface area contributed by atoms with Gasteiger partial charge in [0, 0.05) is 20.1 Å². The predicted molar refractivity (Wildman–Crippen MR) is 218 cm³/mol. The van der Waals surface area contributed by atoms with Crippen LogP contribution in [0.1, 0.15) is 22.3 Å². The Labute approximate surface area is 430 Å². The summed E-state index contributed by atoms with van der Waals surface area (Å²) in [7, 11) is -9.89. The molecule has 68 heavy (non-hydrogen) atoms. The van der Waals surface area contributed by atoms with Gasteiger partial charge in [-0.3, -0.25) is 0 Å². The molecule has 0 fully saturated rings. The molecule has 0 N–H and O–H groups in total. The average Bonchev–Trinajstić information content (AvgIpc) is 4.13. The van der Waals surface area contributed by atoms with Gasteiger partial charge in [0.2, 0.25) is 0 Å². The van der Waals surface area contributed by atoms with Crippen molar-refractivity contribution < 1.29 is 91.9 Å². The fourth-order valence-corrected chi connectivity index (χ4v) is 4.25. The van der Waals surface area contributed by atoms with E-state index in [0.29, 0.717) is 20.1 Å². The van der Waals surface area contributed by atoms with E-state index in [1.54, 1.807) is 24.9 Å². The van der Waals surface area contributed by atoms with E-state index in [4.69, 9.17) is 83.7 Å². The van der Waals surface area contributed by atoms with Crippen molar-refractivity contribution in [3.05, 3.63) is 190 Å². The molecule has 8 rings (SSSR count). The van der Waals surface area contributed by atoms with Gasteiger partial charge < -0.3 is 0 Å². The van der Waals surface area contributed by atoms with Gasteiger partial charge in [0.1, 0.15) is 50.6 Å². The molecule has 0 aliphatic carbocycles. The minimum atomic E-state index is -4.94. The third-order valence-corrected chi connectivity index (χ3v) is 7.47. The molecular formula is C36H28Cl6Cu2N16O8. The first-order chi connectivity index (χ1) is 31.4. The van der Waals surface area contributed by atoms with Gasteiger partial charge in [-0.2, -0.15) is 20.4 Å². The first kappa shape index (κ1) is 60.6. The van der Waals surface area contributed by atoms with Crippen molar-refractivity contribution in [1.29, 1.82) is 0 Å².